The van der Waals surface area contributed by atoms with E-state index in [0.717, 1.165) is 10.0 Å². The number of carbonyl (C=O) groups excluding carboxylic acids is 1. The molecule has 1 heterocycles. The van der Waals surface area contributed by atoms with Crippen LogP contribution in [0.2, 0.25) is 0 Å². The molecule has 0 saturated heterocycles. The molecule has 144 valence electrons. The quantitative estimate of drug-likeness (QED) is 0.238. The van der Waals surface area contributed by atoms with Crippen LogP contribution in [0.5, 0.6) is 0 Å². The molecule has 0 aliphatic rings. The van der Waals surface area contributed by atoms with Gasteiger partial charge in [0.2, 0.25) is 11.1 Å². The molecule has 3 aromatic rings. The second-order valence-corrected chi connectivity index (χ2v) is 7.49. The minimum Gasteiger partial charge on any atom is -0.335 e. The first-order valence-electron chi connectivity index (χ1n) is 8.09. The number of nitrogens with two attached hydrogens (primary N) is 1. The molecule has 2 aromatic carbocycles. The molecule has 0 bridgehead atoms. The molecule has 11 heteroatoms. The van der Waals surface area contributed by atoms with Crippen molar-refractivity contribution in [1.29, 1.82) is 0 Å². The van der Waals surface area contributed by atoms with Crippen molar-refractivity contribution in [3.05, 3.63) is 63.1 Å². The number of halogens is 1. The summed E-state index contributed by atoms with van der Waals surface area (Å²) in [6.07, 6.45) is 0.133. The van der Waals surface area contributed by atoms with Gasteiger partial charge in [0, 0.05) is 28.3 Å². The number of hydrogen-bond acceptors (Lipinski definition) is 7. The molecule has 0 radical (unpaired) electrons. The first-order chi connectivity index (χ1) is 13.5. The Morgan fingerprint density at radius 1 is 1.21 bits per heavy atom. The molecule has 0 fully saturated rings. The number of nitro groups is 1. The van der Waals surface area contributed by atoms with Gasteiger partial charge in [-0.05, 0) is 18.2 Å². The number of carbonyl (C=O) groups is 1. The number of anilines is 1. The molecule has 9 nitrogen and oxygen atoms in total. The normalized spacial score (nSPS) is 10.6. The van der Waals surface area contributed by atoms with E-state index in [4.69, 9.17) is 5.84 Å². The predicted octanol–water partition coefficient (Wildman–Crippen LogP) is 3.45. The van der Waals surface area contributed by atoms with Crippen molar-refractivity contribution in [2.45, 2.75) is 11.6 Å². The lowest BCUT2D eigenvalue weighted by atomic mass is 10.2. The Bertz CT molecular complexity index is 1030. The number of nitro benzene ring substituents is 1. The maximum absolute atomic E-state index is 12.1. The summed E-state index contributed by atoms with van der Waals surface area (Å²) < 4.78 is 2.21. The largest absolute Gasteiger partial charge is 0.335 e. The maximum atomic E-state index is 12.1. The zero-order valence-corrected chi connectivity index (χ0v) is 16.8. The van der Waals surface area contributed by atoms with Gasteiger partial charge in [-0.1, -0.05) is 52.0 Å². The van der Waals surface area contributed by atoms with E-state index < -0.39 is 4.92 Å². The molecule has 1 amide bonds. The summed E-state index contributed by atoms with van der Waals surface area (Å²) in [6.45, 7) is 0. The van der Waals surface area contributed by atoms with Crippen molar-refractivity contribution in [3.8, 4) is 11.4 Å². The lowest BCUT2D eigenvalue weighted by Crippen LogP contribution is -2.14. The molecule has 28 heavy (non-hydrogen) atoms. The SMILES string of the molecule is Nn1c(SCCC(=O)Nc2ccccc2[N+](=O)[O-])nnc1-c1ccccc1Br. The Labute approximate surface area is 172 Å². The number of benzene rings is 2. The number of nitrogen functional groups attached to an aromatic ring is 1. The number of rotatable bonds is 7. The first kappa shape index (κ1) is 19.8. The van der Waals surface area contributed by atoms with Gasteiger partial charge in [0.15, 0.2) is 5.82 Å². The second kappa shape index (κ2) is 8.85. The van der Waals surface area contributed by atoms with Crippen LogP contribution in [0.15, 0.2) is 58.2 Å². The Kier molecular flexibility index (Phi) is 6.26. The van der Waals surface area contributed by atoms with Crippen LogP contribution in [0, 0.1) is 10.1 Å². The van der Waals surface area contributed by atoms with Crippen molar-refractivity contribution in [3.63, 3.8) is 0 Å². The van der Waals surface area contributed by atoms with Gasteiger partial charge >= 0.3 is 0 Å². The summed E-state index contributed by atoms with van der Waals surface area (Å²) in [5.74, 6) is 6.62. The highest BCUT2D eigenvalue weighted by atomic mass is 79.9. The van der Waals surface area contributed by atoms with Crippen molar-refractivity contribution >= 4 is 45.0 Å². The van der Waals surface area contributed by atoms with Gasteiger partial charge in [-0.15, -0.1) is 10.2 Å². The summed E-state index contributed by atoms with van der Waals surface area (Å²) >= 11 is 4.72. The van der Waals surface area contributed by atoms with Crippen molar-refractivity contribution in [2.24, 2.45) is 0 Å². The van der Waals surface area contributed by atoms with E-state index in [1.54, 1.807) is 12.1 Å². The van der Waals surface area contributed by atoms with Crippen LogP contribution in [0.1, 0.15) is 6.42 Å². The average molecular weight is 463 g/mol. The molecular formula is C17H15BrN6O3S. The van der Waals surface area contributed by atoms with Gasteiger partial charge in [-0.2, -0.15) is 0 Å². The van der Waals surface area contributed by atoms with Crippen molar-refractivity contribution in [2.75, 3.05) is 16.9 Å². The van der Waals surface area contributed by atoms with E-state index >= 15 is 0 Å². The van der Waals surface area contributed by atoms with Crippen molar-refractivity contribution in [1.82, 2.24) is 14.9 Å². The smallest absolute Gasteiger partial charge is 0.292 e. The topological polar surface area (TPSA) is 129 Å². The van der Waals surface area contributed by atoms with Crippen LogP contribution in [0.3, 0.4) is 0 Å². The lowest BCUT2D eigenvalue weighted by Gasteiger charge is -2.06. The van der Waals surface area contributed by atoms with E-state index in [9.17, 15) is 14.9 Å². The van der Waals surface area contributed by atoms with Gasteiger partial charge < -0.3 is 11.2 Å². The number of nitrogens with zero attached hydrogens (tertiary/aromatic N) is 4. The molecular weight excluding hydrogens is 448 g/mol. The molecule has 0 unspecified atom stereocenters. The van der Waals surface area contributed by atoms with E-state index in [-0.39, 0.29) is 23.7 Å². The van der Waals surface area contributed by atoms with E-state index in [0.29, 0.717) is 16.7 Å². The van der Waals surface area contributed by atoms with Gasteiger partial charge in [0.1, 0.15) is 5.69 Å². The number of nitrogens with one attached hydrogen (secondary N) is 1. The molecule has 0 saturated carbocycles. The third-order valence-electron chi connectivity index (χ3n) is 3.71. The molecule has 1 aromatic heterocycles. The van der Waals surface area contributed by atoms with Crippen LogP contribution in [-0.4, -0.2) is 31.5 Å². The summed E-state index contributed by atoms with van der Waals surface area (Å²) in [5, 5.41) is 22.2. The predicted molar refractivity (Wildman–Crippen MR) is 110 cm³/mol. The first-order valence-corrected chi connectivity index (χ1v) is 9.86. The Morgan fingerprint density at radius 2 is 1.93 bits per heavy atom. The number of thioether (sulfide) groups is 1. The third-order valence-corrected chi connectivity index (χ3v) is 5.35. The fraction of sp³-hybridized carbons (Fsp3) is 0.118. The van der Waals surface area contributed by atoms with Gasteiger partial charge in [0.25, 0.3) is 5.69 Å². The highest BCUT2D eigenvalue weighted by Crippen LogP contribution is 2.28. The number of amides is 1. The van der Waals surface area contributed by atoms with Crippen LogP contribution < -0.4 is 11.2 Å². The number of hydrogen-bond donors (Lipinski definition) is 2. The standard InChI is InChI=1S/C17H15BrN6O3S/c18-12-6-2-1-5-11(12)16-21-22-17(23(16)19)28-10-9-15(25)20-13-7-3-4-8-14(13)24(26)27/h1-8H,9-10,19H2,(H,20,25). The highest BCUT2D eigenvalue weighted by molar-refractivity contribution is 9.10. The highest BCUT2D eigenvalue weighted by Gasteiger charge is 2.16. The number of aromatic nitrogens is 3. The fourth-order valence-corrected chi connectivity index (χ4v) is 3.64. The second-order valence-electron chi connectivity index (χ2n) is 5.58. The van der Waals surface area contributed by atoms with Crippen LogP contribution in [0.25, 0.3) is 11.4 Å². The zero-order valence-electron chi connectivity index (χ0n) is 14.4. The maximum Gasteiger partial charge on any atom is 0.292 e. The van der Waals surface area contributed by atoms with Crippen LogP contribution in [0.4, 0.5) is 11.4 Å². The molecule has 0 atom stereocenters. The molecule has 3 N–H and O–H groups in total. The Morgan fingerprint density at radius 3 is 2.68 bits per heavy atom. The van der Waals surface area contributed by atoms with E-state index in [1.807, 2.05) is 24.3 Å². The molecule has 3 rings (SSSR count). The molecule has 0 aliphatic carbocycles. The van der Waals surface area contributed by atoms with E-state index in [2.05, 4.69) is 31.4 Å². The summed E-state index contributed by atoms with van der Waals surface area (Å²) in [7, 11) is 0. The zero-order chi connectivity index (χ0) is 20.1. The van der Waals surface area contributed by atoms with Gasteiger partial charge in [0.05, 0.1) is 4.92 Å². The average Bonchev–Trinajstić information content (AvgIpc) is 3.03. The minimum absolute atomic E-state index is 0.133. The van der Waals surface area contributed by atoms with E-state index in [1.165, 1.54) is 28.6 Å². The number of para-hydroxylation sites is 2. The summed E-state index contributed by atoms with van der Waals surface area (Å²) in [5.41, 5.74) is 0.822. The van der Waals surface area contributed by atoms with Crippen LogP contribution in [-0.2, 0) is 4.79 Å². The van der Waals surface area contributed by atoms with Crippen molar-refractivity contribution < 1.29 is 9.72 Å². The minimum atomic E-state index is -0.537. The van der Waals surface area contributed by atoms with Gasteiger partial charge in [-0.25, -0.2) is 4.68 Å². The third kappa shape index (κ3) is 4.49. The van der Waals surface area contributed by atoms with Gasteiger partial charge in [-0.3, -0.25) is 14.9 Å². The lowest BCUT2D eigenvalue weighted by molar-refractivity contribution is -0.383. The van der Waals surface area contributed by atoms with Crippen LogP contribution >= 0.6 is 27.7 Å². The monoisotopic (exact) mass is 462 g/mol. The molecule has 0 aliphatic heterocycles. The Balaban J connectivity index is 1.60. The summed E-state index contributed by atoms with van der Waals surface area (Å²) in [6, 6.07) is 13.5. The molecule has 0 spiro atoms. The Hall–Kier alpha value is -2.92. The fourth-order valence-electron chi connectivity index (χ4n) is 2.39. The summed E-state index contributed by atoms with van der Waals surface area (Å²) in [4.78, 5) is 22.6.